The summed E-state index contributed by atoms with van der Waals surface area (Å²) < 4.78 is 25.1. The van der Waals surface area contributed by atoms with E-state index in [1.54, 1.807) is 23.5 Å². The number of aromatic nitrogens is 1. The molecule has 0 bridgehead atoms. The Balaban J connectivity index is 1.17. The molecule has 1 saturated heterocycles. The molecule has 0 saturated carbocycles. The number of benzene rings is 2. The van der Waals surface area contributed by atoms with Crippen molar-refractivity contribution in [1.82, 2.24) is 15.2 Å². The molecule has 3 aromatic rings. The topological polar surface area (TPSA) is 46.6 Å². The number of hydrogen-bond donors (Lipinski definition) is 1. The van der Waals surface area contributed by atoms with Gasteiger partial charge in [-0.05, 0) is 49.3 Å². The van der Waals surface area contributed by atoms with E-state index in [2.05, 4.69) is 15.6 Å². The smallest absolute Gasteiger partial charge is 0.169 e. The summed E-state index contributed by atoms with van der Waals surface area (Å²) in [6, 6.07) is 12.8. The molecule has 32 heavy (non-hydrogen) atoms. The summed E-state index contributed by atoms with van der Waals surface area (Å²) in [5.41, 5.74) is 2.65. The van der Waals surface area contributed by atoms with Gasteiger partial charge < -0.3 is 19.7 Å². The molecule has 1 N–H and O–H groups in total. The highest BCUT2D eigenvalue weighted by Gasteiger charge is 2.25. The lowest BCUT2D eigenvalue weighted by atomic mass is 9.98. The number of rotatable bonds is 4. The lowest BCUT2D eigenvalue weighted by Crippen LogP contribution is -2.43. The van der Waals surface area contributed by atoms with E-state index in [1.165, 1.54) is 11.1 Å². The van der Waals surface area contributed by atoms with Gasteiger partial charge in [-0.1, -0.05) is 18.2 Å². The van der Waals surface area contributed by atoms with E-state index in [0.29, 0.717) is 36.4 Å². The van der Waals surface area contributed by atoms with Crippen molar-refractivity contribution in [2.45, 2.75) is 25.3 Å². The SMILES string of the molecule is Fc1ccccc1CNC(=S)N1CCC(c2nc(-c3ccc4c(c3)OCCO4)cs2)CC1. The second-order valence-electron chi connectivity index (χ2n) is 7.94. The number of thiocarbonyl (C=S) groups is 1. The first-order chi connectivity index (χ1) is 15.7. The van der Waals surface area contributed by atoms with Crippen molar-refractivity contribution < 1.29 is 13.9 Å². The van der Waals surface area contributed by atoms with Gasteiger partial charge >= 0.3 is 0 Å². The monoisotopic (exact) mass is 469 g/mol. The van der Waals surface area contributed by atoms with Crippen molar-refractivity contribution >= 4 is 28.7 Å². The first kappa shape index (κ1) is 21.2. The van der Waals surface area contributed by atoms with Crippen LogP contribution in [-0.2, 0) is 6.54 Å². The molecule has 2 aromatic carbocycles. The maximum atomic E-state index is 13.8. The van der Waals surface area contributed by atoms with Crippen LogP contribution in [0.4, 0.5) is 4.39 Å². The summed E-state index contributed by atoms with van der Waals surface area (Å²) in [5, 5.41) is 7.17. The van der Waals surface area contributed by atoms with Gasteiger partial charge in [0.25, 0.3) is 0 Å². The third-order valence-electron chi connectivity index (χ3n) is 5.88. The van der Waals surface area contributed by atoms with E-state index >= 15 is 0 Å². The standard InChI is InChI=1S/C24H24FN3O2S2/c25-19-4-2-1-3-18(19)14-26-24(31)28-9-7-16(8-10-28)23-27-20(15-32-23)17-5-6-21-22(13-17)30-12-11-29-21/h1-6,13,15-16H,7-12,14H2,(H,26,31). The van der Waals surface area contributed by atoms with Crippen molar-refractivity contribution in [1.29, 1.82) is 0 Å². The Labute approximate surface area is 196 Å². The van der Waals surface area contributed by atoms with Gasteiger partial charge in [0, 0.05) is 42.1 Å². The zero-order valence-electron chi connectivity index (χ0n) is 17.6. The molecule has 0 radical (unpaired) electrons. The second-order valence-corrected chi connectivity index (χ2v) is 9.22. The molecule has 166 valence electrons. The summed E-state index contributed by atoms with van der Waals surface area (Å²) in [5.74, 6) is 1.80. The zero-order valence-corrected chi connectivity index (χ0v) is 19.2. The number of halogens is 1. The van der Waals surface area contributed by atoms with Gasteiger partial charge in [0.15, 0.2) is 16.6 Å². The fraction of sp³-hybridized carbons (Fsp3) is 0.333. The van der Waals surface area contributed by atoms with Gasteiger partial charge in [0.1, 0.15) is 19.0 Å². The maximum Gasteiger partial charge on any atom is 0.169 e. The Morgan fingerprint density at radius 1 is 1.12 bits per heavy atom. The minimum Gasteiger partial charge on any atom is -0.486 e. The van der Waals surface area contributed by atoms with Crippen LogP contribution in [0.2, 0.25) is 0 Å². The van der Waals surface area contributed by atoms with Crippen LogP contribution >= 0.6 is 23.6 Å². The molecule has 2 aliphatic rings. The summed E-state index contributed by atoms with van der Waals surface area (Å²) >= 11 is 7.26. The van der Waals surface area contributed by atoms with Crippen LogP contribution in [0.3, 0.4) is 0 Å². The third kappa shape index (κ3) is 4.56. The highest BCUT2D eigenvalue weighted by atomic mass is 32.1. The summed E-state index contributed by atoms with van der Waals surface area (Å²) in [6.45, 7) is 3.30. The molecular weight excluding hydrogens is 445 g/mol. The van der Waals surface area contributed by atoms with Crippen molar-refractivity contribution in [3.8, 4) is 22.8 Å². The van der Waals surface area contributed by atoms with Crippen LogP contribution in [0.15, 0.2) is 47.8 Å². The third-order valence-corrected chi connectivity index (χ3v) is 7.29. The molecule has 3 heterocycles. The average molecular weight is 470 g/mol. The average Bonchev–Trinajstić information content (AvgIpc) is 3.33. The lowest BCUT2D eigenvalue weighted by molar-refractivity contribution is 0.171. The predicted octanol–water partition coefficient (Wildman–Crippen LogP) is 4.97. The van der Waals surface area contributed by atoms with Gasteiger partial charge in [-0.2, -0.15) is 0 Å². The van der Waals surface area contributed by atoms with E-state index in [1.807, 2.05) is 24.3 Å². The van der Waals surface area contributed by atoms with Crippen LogP contribution in [0.1, 0.15) is 29.3 Å². The fourth-order valence-corrected chi connectivity index (χ4v) is 5.32. The number of nitrogens with one attached hydrogen (secondary N) is 1. The van der Waals surface area contributed by atoms with E-state index in [0.717, 1.165) is 48.7 Å². The Morgan fingerprint density at radius 2 is 1.91 bits per heavy atom. The molecule has 0 atom stereocenters. The van der Waals surface area contributed by atoms with Gasteiger partial charge in [0.2, 0.25) is 0 Å². The number of ether oxygens (including phenoxy) is 2. The van der Waals surface area contributed by atoms with E-state index in [4.69, 9.17) is 26.7 Å². The van der Waals surface area contributed by atoms with Crippen molar-refractivity contribution in [3.05, 3.63) is 64.2 Å². The fourth-order valence-electron chi connectivity index (χ4n) is 4.06. The van der Waals surface area contributed by atoms with E-state index in [9.17, 15) is 4.39 Å². The molecule has 0 amide bonds. The Kier molecular flexibility index (Phi) is 6.23. The number of fused-ring (bicyclic) bond motifs is 1. The maximum absolute atomic E-state index is 13.8. The molecule has 1 fully saturated rings. The minimum atomic E-state index is -0.209. The number of hydrogen-bond acceptors (Lipinski definition) is 5. The van der Waals surface area contributed by atoms with Crippen molar-refractivity contribution in [2.75, 3.05) is 26.3 Å². The predicted molar refractivity (Wildman–Crippen MR) is 128 cm³/mol. The molecule has 0 aliphatic carbocycles. The number of piperidine rings is 1. The minimum absolute atomic E-state index is 0.209. The molecular formula is C24H24FN3O2S2. The molecule has 5 rings (SSSR count). The lowest BCUT2D eigenvalue weighted by Gasteiger charge is -2.33. The molecule has 1 aromatic heterocycles. The van der Waals surface area contributed by atoms with E-state index < -0.39 is 0 Å². The second kappa shape index (κ2) is 9.42. The highest BCUT2D eigenvalue weighted by molar-refractivity contribution is 7.80. The quantitative estimate of drug-likeness (QED) is 0.544. The summed E-state index contributed by atoms with van der Waals surface area (Å²) in [7, 11) is 0. The molecule has 0 unspecified atom stereocenters. The van der Waals surface area contributed by atoms with Crippen molar-refractivity contribution in [2.24, 2.45) is 0 Å². The van der Waals surface area contributed by atoms with Crippen LogP contribution in [0, 0.1) is 5.82 Å². The van der Waals surface area contributed by atoms with Crippen LogP contribution in [0.5, 0.6) is 11.5 Å². The van der Waals surface area contributed by atoms with Crippen LogP contribution < -0.4 is 14.8 Å². The summed E-state index contributed by atoms with van der Waals surface area (Å²) in [6.07, 6.45) is 1.99. The molecule has 8 heteroatoms. The van der Waals surface area contributed by atoms with Gasteiger partial charge in [0.05, 0.1) is 10.7 Å². The van der Waals surface area contributed by atoms with Gasteiger partial charge in [-0.15, -0.1) is 11.3 Å². The number of likely N-dealkylation sites (tertiary alicyclic amines) is 1. The molecule has 2 aliphatic heterocycles. The Bertz CT molecular complexity index is 1110. The molecule has 0 spiro atoms. The normalized spacial score (nSPS) is 16.1. The Hall–Kier alpha value is -2.71. The van der Waals surface area contributed by atoms with Gasteiger partial charge in [-0.25, -0.2) is 9.37 Å². The van der Waals surface area contributed by atoms with Crippen LogP contribution in [-0.4, -0.2) is 41.3 Å². The number of thiazole rings is 1. The largest absolute Gasteiger partial charge is 0.486 e. The highest BCUT2D eigenvalue weighted by Crippen LogP contribution is 2.37. The van der Waals surface area contributed by atoms with E-state index in [-0.39, 0.29) is 5.82 Å². The van der Waals surface area contributed by atoms with Gasteiger partial charge in [-0.3, -0.25) is 0 Å². The zero-order chi connectivity index (χ0) is 21.9. The summed E-state index contributed by atoms with van der Waals surface area (Å²) in [4.78, 5) is 7.09. The Morgan fingerprint density at radius 3 is 2.72 bits per heavy atom. The van der Waals surface area contributed by atoms with Crippen LogP contribution in [0.25, 0.3) is 11.3 Å². The number of nitrogens with zero attached hydrogens (tertiary/aromatic N) is 2. The van der Waals surface area contributed by atoms with Crippen molar-refractivity contribution in [3.63, 3.8) is 0 Å². The first-order valence-corrected chi connectivity index (χ1v) is 12.1. The molecule has 5 nitrogen and oxygen atoms in total. The first-order valence-electron chi connectivity index (χ1n) is 10.8.